The average molecular weight is 208 g/mol. The summed E-state index contributed by atoms with van der Waals surface area (Å²) in [7, 11) is 0. The van der Waals surface area contributed by atoms with Crippen molar-refractivity contribution in [1.82, 2.24) is 0 Å². The van der Waals surface area contributed by atoms with Gasteiger partial charge in [0.05, 0.1) is 0 Å². The lowest BCUT2D eigenvalue weighted by Crippen LogP contribution is -1.74. The fourth-order valence-corrected chi connectivity index (χ4v) is 1.61. The smallest absolute Gasteiger partial charge is 0.0128 e. The summed E-state index contributed by atoms with van der Waals surface area (Å²) in [6, 6.07) is 14.9. The monoisotopic (exact) mass is 208 g/mol. The van der Waals surface area contributed by atoms with Crippen LogP contribution >= 0.6 is 0 Å². The van der Waals surface area contributed by atoms with Gasteiger partial charge in [-0.05, 0) is 47.4 Å². The fraction of sp³-hybridized carbons (Fsp3) is 0.188. The van der Waals surface area contributed by atoms with Crippen molar-refractivity contribution in [3.63, 3.8) is 0 Å². The van der Waals surface area contributed by atoms with E-state index in [0.29, 0.717) is 0 Å². The highest BCUT2D eigenvalue weighted by Gasteiger charge is 1.92. The fourth-order valence-electron chi connectivity index (χ4n) is 1.61. The Morgan fingerprint density at radius 1 is 1.12 bits per heavy atom. The van der Waals surface area contributed by atoms with Gasteiger partial charge < -0.3 is 0 Å². The number of fused-ring (bicyclic) bond motifs is 1. The first-order chi connectivity index (χ1) is 7.79. The first kappa shape index (κ1) is 10.7. The summed E-state index contributed by atoms with van der Waals surface area (Å²) in [6.45, 7) is 4.26. The van der Waals surface area contributed by atoms with Gasteiger partial charge in [0.2, 0.25) is 0 Å². The Kier molecular flexibility index (Phi) is 3.24. The molecule has 0 amide bonds. The molecule has 0 fully saturated rings. The van der Waals surface area contributed by atoms with Gasteiger partial charge in [0.15, 0.2) is 0 Å². The Morgan fingerprint density at radius 2 is 1.88 bits per heavy atom. The zero-order chi connectivity index (χ0) is 11.4. The molecule has 0 aliphatic rings. The Labute approximate surface area is 96.9 Å². The standard InChI is InChI=1S/C16H16/c1-3-13(2)8-9-14-10-11-15-6-4-5-7-16(15)12-14/h4-7,9-12H,3H2,1-2H3. The van der Waals surface area contributed by atoms with Crippen molar-refractivity contribution < 1.29 is 0 Å². The molecule has 0 saturated carbocycles. The number of allylic oxidation sites excluding steroid dienone is 1. The highest BCUT2D eigenvalue weighted by Crippen LogP contribution is 2.16. The van der Waals surface area contributed by atoms with Gasteiger partial charge in [0.25, 0.3) is 0 Å². The van der Waals surface area contributed by atoms with E-state index in [-0.39, 0.29) is 0 Å². The summed E-state index contributed by atoms with van der Waals surface area (Å²) < 4.78 is 0. The van der Waals surface area contributed by atoms with E-state index in [4.69, 9.17) is 0 Å². The molecule has 0 radical (unpaired) electrons. The van der Waals surface area contributed by atoms with Crippen molar-refractivity contribution in [2.24, 2.45) is 0 Å². The Bertz CT molecular complexity index is 555. The van der Waals surface area contributed by atoms with E-state index in [0.717, 1.165) is 6.42 Å². The minimum absolute atomic E-state index is 1.06. The van der Waals surface area contributed by atoms with Gasteiger partial charge in [0.1, 0.15) is 0 Å². The average Bonchev–Trinajstić information content (AvgIpc) is 2.35. The van der Waals surface area contributed by atoms with Crippen LogP contribution in [0.1, 0.15) is 25.8 Å². The van der Waals surface area contributed by atoms with Gasteiger partial charge in [-0.25, -0.2) is 0 Å². The molecule has 0 bridgehead atoms. The Hall–Kier alpha value is -1.78. The van der Waals surface area contributed by atoms with Gasteiger partial charge in [-0.3, -0.25) is 0 Å². The quantitative estimate of drug-likeness (QED) is 0.621. The highest BCUT2D eigenvalue weighted by molar-refractivity contribution is 5.84. The first-order valence-electron chi connectivity index (χ1n) is 5.70. The molecule has 80 valence electrons. The van der Waals surface area contributed by atoms with E-state index in [1.165, 1.54) is 21.9 Å². The highest BCUT2D eigenvalue weighted by atomic mass is 14.0. The Morgan fingerprint density at radius 3 is 2.62 bits per heavy atom. The summed E-state index contributed by atoms with van der Waals surface area (Å²) in [4.78, 5) is 0. The van der Waals surface area contributed by atoms with Gasteiger partial charge in [0, 0.05) is 0 Å². The molecule has 0 heterocycles. The van der Waals surface area contributed by atoms with E-state index in [2.05, 4.69) is 68.1 Å². The van der Waals surface area contributed by atoms with Crippen LogP contribution in [0.15, 0.2) is 53.8 Å². The van der Waals surface area contributed by atoms with E-state index in [1.54, 1.807) is 0 Å². The molecule has 0 heteroatoms. The lowest BCUT2D eigenvalue weighted by molar-refractivity contribution is 1.11. The molecule has 0 aromatic heterocycles. The van der Waals surface area contributed by atoms with Gasteiger partial charge in [-0.15, -0.1) is 5.73 Å². The maximum Gasteiger partial charge on any atom is -0.0128 e. The molecule has 0 saturated heterocycles. The van der Waals surface area contributed by atoms with Crippen LogP contribution in [-0.2, 0) is 0 Å². The number of rotatable bonds is 2. The van der Waals surface area contributed by atoms with Crippen molar-refractivity contribution in [3.8, 4) is 0 Å². The molecule has 2 rings (SSSR count). The number of benzene rings is 2. The molecule has 2 aromatic rings. The molecule has 0 atom stereocenters. The Balaban J connectivity index is 2.44. The van der Waals surface area contributed by atoms with E-state index in [9.17, 15) is 0 Å². The molecule has 16 heavy (non-hydrogen) atoms. The summed E-state index contributed by atoms with van der Waals surface area (Å²) in [5.74, 6) is 0. The van der Waals surface area contributed by atoms with Crippen LogP contribution in [0.25, 0.3) is 16.8 Å². The predicted octanol–water partition coefficient (Wildman–Crippen LogP) is 4.81. The molecule has 0 nitrogen and oxygen atoms in total. The lowest BCUT2D eigenvalue weighted by Gasteiger charge is -1.98. The van der Waals surface area contributed by atoms with Crippen molar-refractivity contribution in [2.75, 3.05) is 0 Å². The first-order valence-corrected chi connectivity index (χ1v) is 5.70. The van der Waals surface area contributed by atoms with Gasteiger partial charge >= 0.3 is 0 Å². The zero-order valence-corrected chi connectivity index (χ0v) is 9.83. The minimum atomic E-state index is 1.06. The van der Waals surface area contributed by atoms with Gasteiger partial charge in [-0.2, -0.15) is 0 Å². The number of hydrogen-bond acceptors (Lipinski definition) is 0. The summed E-state index contributed by atoms with van der Waals surface area (Å²) >= 11 is 0. The third-order valence-electron chi connectivity index (χ3n) is 2.79. The second-order valence-electron chi connectivity index (χ2n) is 4.03. The van der Waals surface area contributed by atoms with E-state index in [1.807, 2.05) is 0 Å². The molecular formula is C16H16. The molecule has 0 unspecified atom stereocenters. The largest absolute Gasteiger partial charge is 0.121 e. The third-order valence-corrected chi connectivity index (χ3v) is 2.79. The molecular weight excluding hydrogens is 192 g/mol. The lowest BCUT2D eigenvalue weighted by atomic mass is 10.1. The van der Waals surface area contributed by atoms with Crippen LogP contribution in [-0.4, -0.2) is 0 Å². The minimum Gasteiger partial charge on any atom is -0.121 e. The molecule has 0 aliphatic heterocycles. The van der Waals surface area contributed by atoms with Crippen LogP contribution < -0.4 is 0 Å². The summed E-state index contributed by atoms with van der Waals surface area (Å²) in [5.41, 5.74) is 5.80. The van der Waals surface area contributed by atoms with Crippen LogP contribution in [0.3, 0.4) is 0 Å². The normalized spacial score (nSPS) is 9.88. The zero-order valence-electron chi connectivity index (χ0n) is 9.83. The van der Waals surface area contributed by atoms with Crippen molar-refractivity contribution >= 4 is 16.8 Å². The predicted molar refractivity (Wildman–Crippen MR) is 71.4 cm³/mol. The molecule has 0 spiro atoms. The van der Waals surface area contributed by atoms with Crippen LogP contribution in [0.5, 0.6) is 0 Å². The second-order valence-corrected chi connectivity index (χ2v) is 4.03. The SMILES string of the molecule is CCC(C)=C=Cc1ccc2ccccc2c1. The van der Waals surface area contributed by atoms with Gasteiger partial charge in [-0.1, -0.05) is 43.3 Å². The molecule has 0 aliphatic carbocycles. The van der Waals surface area contributed by atoms with E-state index < -0.39 is 0 Å². The van der Waals surface area contributed by atoms with Crippen LogP contribution in [0, 0.1) is 0 Å². The summed E-state index contributed by atoms with van der Waals surface area (Å²) in [5, 5.41) is 2.57. The third kappa shape index (κ3) is 2.42. The maximum atomic E-state index is 3.30. The topological polar surface area (TPSA) is 0 Å². The molecule has 2 aromatic carbocycles. The molecule has 0 N–H and O–H groups in total. The van der Waals surface area contributed by atoms with Crippen LogP contribution in [0.4, 0.5) is 0 Å². The maximum absolute atomic E-state index is 3.30. The van der Waals surface area contributed by atoms with Crippen molar-refractivity contribution in [2.45, 2.75) is 20.3 Å². The summed E-state index contributed by atoms with van der Waals surface area (Å²) in [6.07, 6.45) is 3.12. The van der Waals surface area contributed by atoms with E-state index >= 15 is 0 Å². The second kappa shape index (κ2) is 4.83. The van der Waals surface area contributed by atoms with Crippen molar-refractivity contribution in [3.05, 3.63) is 59.3 Å². The van der Waals surface area contributed by atoms with Crippen molar-refractivity contribution in [1.29, 1.82) is 0 Å². The number of hydrogen-bond donors (Lipinski definition) is 0. The van der Waals surface area contributed by atoms with Crippen LogP contribution in [0.2, 0.25) is 0 Å².